The number of aryl methyl sites for hydroxylation is 1. The molecule has 2 nitrogen and oxygen atoms in total. The van der Waals surface area contributed by atoms with Gasteiger partial charge in [-0.05, 0) is 25.0 Å². The van der Waals surface area contributed by atoms with Crippen LogP contribution < -0.4 is 5.32 Å². The van der Waals surface area contributed by atoms with Crippen molar-refractivity contribution in [2.75, 3.05) is 10.6 Å². The van der Waals surface area contributed by atoms with Gasteiger partial charge in [0, 0.05) is 17.4 Å². The number of anilines is 1. The quantitative estimate of drug-likeness (QED) is 0.824. The Bertz CT molecular complexity index is 312. The molecular weight excluding hydrogens is 242 g/mol. The number of carbonyl (C=O) groups excluding carboxylic acids is 1. The molecule has 0 aromatic heterocycles. The molecule has 0 radical (unpaired) electrons. The smallest absolute Gasteiger partial charge is 0.224 e. The van der Waals surface area contributed by atoms with Gasteiger partial charge in [-0.2, -0.15) is 0 Å². The van der Waals surface area contributed by atoms with Crippen LogP contribution in [0.2, 0.25) is 0 Å². The van der Waals surface area contributed by atoms with Crippen LogP contribution in [0, 0.1) is 6.92 Å². The fourth-order valence-electron chi connectivity index (χ4n) is 1.15. The number of hydrogen-bond donors (Lipinski definition) is 1. The number of rotatable bonds is 4. The maximum atomic E-state index is 11.4. The van der Waals surface area contributed by atoms with Crippen molar-refractivity contribution in [3.63, 3.8) is 0 Å². The Morgan fingerprint density at radius 3 is 2.79 bits per heavy atom. The summed E-state index contributed by atoms with van der Waals surface area (Å²) in [7, 11) is 0. The molecule has 1 N–H and O–H groups in total. The first-order valence-electron chi connectivity index (χ1n) is 4.65. The summed E-state index contributed by atoms with van der Waals surface area (Å²) < 4.78 is 0. The number of para-hydroxylation sites is 1. The fraction of sp³-hybridized carbons (Fsp3) is 0.364. The zero-order chi connectivity index (χ0) is 10.4. The van der Waals surface area contributed by atoms with Gasteiger partial charge in [0.1, 0.15) is 0 Å². The van der Waals surface area contributed by atoms with Gasteiger partial charge in [-0.1, -0.05) is 34.1 Å². The maximum Gasteiger partial charge on any atom is 0.224 e. The average Bonchev–Trinajstić information content (AvgIpc) is 2.18. The van der Waals surface area contributed by atoms with E-state index in [2.05, 4.69) is 21.2 Å². The molecule has 0 aliphatic carbocycles. The number of carbonyl (C=O) groups is 1. The average molecular weight is 256 g/mol. The lowest BCUT2D eigenvalue weighted by Gasteiger charge is -2.06. The minimum atomic E-state index is 0.0822. The van der Waals surface area contributed by atoms with Gasteiger partial charge in [0.2, 0.25) is 5.91 Å². The van der Waals surface area contributed by atoms with Crippen molar-refractivity contribution in [1.82, 2.24) is 0 Å². The highest BCUT2D eigenvalue weighted by atomic mass is 79.9. The second-order valence-corrected chi connectivity index (χ2v) is 3.95. The van der Waals surface area contributed by atoms with E-state index in [-0.39, 0.29) is 5.91 Å². The van der Waals surface area contributed by atoms with Crippen molar-refractivity contribution in [3.8, 4) is 0 Å². The topological polar surface area (TPSA) is 29.1 Å². The van der Waals surface area contributed by atoms with Gasteiger partial charge in [-0.3, -0.25) is 4.79 Å². The lowest BCUT2D eigenvalue weighted by atomic mass is 10.2. The van der Waals surface area contributed by atoms with Crippen molar-refractivity contribution in [1.29, 1.82) is 0 Å². The van der Waals surface area contributed by atoms with Crippen molar-refractivity contribution >= 4 is 27.5 Å². The Hall–Kier alpha value is -0.830. The molecule has 1 amide bonds. The number of amides is 1. The Kier molecular flexibility index (Phi) is 4.66. The van der Waals surface area contributed by atoms with E-state index in [1.54, 1.807) is 0 Å². The molecule has 0 fully saturated rings. The largest absolute Gasteiger partial charge is 0.326 e. The highest BCUT2D eigenvalue weighted by Crippen LogP contribution is 2.13. The molecule has 76 valence electrons. The fourth-order valence-corrected chi connectivity index (χ4v) is 1.43. The van der Waals surface area contributed by atoms with Crippen LogP contribution in [0.1, 0.15) is 18.4 Å². The summed E-state index contributed by atoms with van der Waals surface area (Å²) in [5.41, 5.74) is 2.01. The summed E-state index contributed by atoms with van der Waals surface area (Å²) in [4.78, 5) is 11.4. The molecule has 1 aromatic rings. The van der Waals surface area contributed by atoms with Gasteiger partial charge in [0.15, 0.2) is 0 Å². The number of nitrogens with one attached hydrogen (secondary N) is 1. The Morgan fingerprint density at radius 2 is 2.14 bits per heavy atom. The Balaban J connectivity index is 2.52. The molecule has 1 aromatic carbocycles. The molecule has 0 aliphatic heterocycles. The molecule has 3 heteroatoms. The normalized spacial score (nSPS) is 9.86. The molecule has 0 bridgehead atoms. The molecule has 0 saturated carbocycles. The second-order valence-electron chi connectivity index (χ2n) is 3.16. The van der Waals surface area contributed by atoms with E-state index in [9.17, 15) is 4.79 Å². The van der Waals surface area contributed by atoms with Crippen LogP contribution in [0.4, 0.5) is 5.69 Å². The molecule has 14 heavy (non-hydrogen) atoms. The van der Waals surface area contributed by atoms with E-state index in [4.69, 9.17) is 0 Å². The zero-order valence-corrected chi connectivity index (χ0v) is 9.80. The SMILES string of the molecule is Cc1ccccc1NC(=O)CCCBr. The highest BCUT2D eigenvalue weighted by molar-refractivity contribution is 9.09. The van der Waals surface area contributed by atoms with Gasteiger partial charge >= 0.3 is 0 Å². The van der Waals surface area contributed by atoms with E-state index >= 15 is 0 Å². The van der Waals surface area contributed by atoms with E-state index in [1.165, 1.54) is 0 Å². The predicted octanol–water partition coefficient (Wildman–Crippen LogP) is 3.11. The maximum absolute atomic E-state index is 11.4. The molecule has 0 atom stereocenters. The van der Waals surface area contributed by atoms with Crippen LogP contribution in [0.5, 0.6) is 0 Å². The number of alkyl halides is 1. The highest BCUT2D eigenvalue weighted by Gasteiger charge is 2.02. The molecular formula is C11H14BrNO. The Morgan fingerprint density at radius 1 is 1.43 bits per heavy atom. The van der Waals surface area contributed by atoms with E-state index in [0.717, 1.165) is 23.0 Å². The molecule has 0 unspecified atom stereocenters. The van der Waals surface area contributed by atoms with Gasteiger partial charge in [0.05, 0.1) is 0 Å². The monoisotopic (exact) mass is 255 g/mol. The zero-order valence-electron chi connectivity index (χ0n) is 8.22. The van der Waals surface area contributed by atoms with Gasteiger partial charge in [-0.15, -0.1) is 0 Å². The summed E-state index contributed by atoms with van der Waals surface area (Å²) in [6.45, 7) is 1.99. The lowest BCUT2D eigenvalue weighted by molar-refractivity contribution is -0.116. The van der Waals surface area contributed by atoms with Gasteiger partial charge in [-0.25, -0.2) is 0 Å². The van der Waals surface area contributed by atoms with Crippen molar-refractivity contribution in [2.45, 2.75) is 19.8 Å². The van der Waals surface area contributed by atoms with Crippen LogP contribution in [0.3, 0.4) is 0 Å². The third-order valence-corrected chi connectivity index (χ3v) is 2.52. The summed E-state index contributed by atoms with van der Waals surface area (Å²) in [5.74, 6) is 0.0822. The van der Waals surface area contributed by atoms with Crippen molar-refractivity contribution in [3.05, 3.63) is 29.8 Å². The molecule has 1 rings (SSSR count). The van der Waals surface area contributed by atoms with Crippen LogP contribution in [-0.2, 0) is 4.79 Å². The molecule has 0 saturated heterocycles. The predicted molar refractivity (Wildman–Crippen MR) is 62.8 cm³/mol. The van der Waals surface area contributed by atoms with Gasteiger partial charge < -0.3 is 5.32 Å². The van der Waals surface area contributed by atoms with Crippen LogP contribution >= 0.6 is 15.9 Å². The standard InChI is InChI=1S/C11H14BrNO/c1-9-5-2-3-6-10(9)13-11(14)7-4-8-12/h2-3,5-6H,4,7-8H2,1H3,(H,13,14). The Labute approximate surface area is 92.8 Å². The van der Waals surface area contributed by atoms with E-state index in [0.29, 0.717) is 6.42 Å². The number of halogens is 1. The third-order valence-electron chi connectivity index (χ3n) is 1.96. The van der Waals surface area contributed by atoms with E-state index in [1.807, 2.05) is 31.2 Å². The molecule has 0 spiro atoms. The summed E-state index contributed by atoms with van der Waals surface area (Å²) in [6, 6.07) is 7.79. The van der Waals surface area contributed by atoms with Crippen molar-refractivity contribution < 1.29 is 4.79 Å². The first-order valence-corrected chi connectivity index (χ1v) is 5.77. The second kappa shape index (κ2) is 5.81. The summed E-state index contributed by atoms with van der Waals surface area (Å²) >= 11 is 3.30. The first kappa shape index (κ1) is 11.2. The minimum absolute atomic E-state index is 0.0822. The van der Waals surface area contributed by atoms with Crippen LogP contribution in [0.15, 0.2) is 24.3 Å². The minimum Gasteiger partial charge on any atom is -0.326 e. The summed E-state index contributed by atoms with van der Waals surface area (Å²) in [6.07, 6.45) is 1.44. The molecule has 0 aliphatic rings. The third kappa shape index (κ3) is 3.50. The number of hydrogen-bond acceptors (Lipinski definition) is 1. The van der Waals surface area contributed by atoms with Gasteiger partial charge in [0.25, 0.3) is 0 Å². The van der Waals surface area contributed by atoms with E-state index < -0.39 is 0 Å². The summed E-state index contributed by atoms with van der Waals surface area (Å²) in [5, 5.41) is 3.75. The van der Waals surface area contributed by atoms with Crippen LogP contribution in [0.25, 0.3) is 0 Å². The first-order chi connectivity index (χ1) is 6.74. The van der Waals surface area contributed by atoms with Crippen LogP contribution in [-0.4, -0.2) is 11.2 Å². The molecule has 0 heterocycles. The number of benzene rings is 1. The lowest BCUT2D eigenvalue weighted by Crippen LogP contribution is -2.11. The van der Waals surface area contributed by atoms with Crippen molar-refractivity contribution in [2.24, 2.45) is 0 Å².